The lowest BCUT2D eigenvalue weighted by Gasteiger charge is -2.26. The standard InChI is InChI=1S/C20H18ClFN4O/c21-15-3-1-14(2-4-15)19-13-18(20(27)25-11-9-23-10-12-25)24-26(19)17-7-5-16(22)6-8-17/h1-8,13,23H,9-12H2. The molecule has 138 valence electrons. The van der Waals surface area contributed by atoms with Crippen molar-refractivity contribution < 1.29 is 9.18 Å². The zero-order valence-corrected chi connectivity index (χ0v) is 15.3. The Bertz CT molecular complexity index is 884. The maximum absolute atomic E-state index is 13.3. The van der Waals surface area contributed by atoms with Crippen LogP contribution in [0.1, 0.15) is 10.5 Å². The van der Waals surface area contributed by atoms with Crippen LogP contribution < -0.4 is 5.32 Å². The minimum atomic E-state index is -0.323. The zero-order valence-electron chi connectivity index (χ0n) is 14.5. The van der Waals surface area contributed by atoms with Crippen molar-refractivity contribution in [1.29, 1.82) is 0 Å². The van der Waals surface area contributed by atoms with Gasteiger partial charge >= 0.3 is 0 Å². The van der Waals surface area contributed by atoms with Gasteiger partial charge < -0.3 is 10.2 Å². The van der Waals surface area contributed by atoms with E-state index in [9.17, 15) is 9.18 Å². The van der Waals surface area contributed by atoms with Crippen LogP contribution in [0.3, 0.4) is 0 Å². The topological polar surface area (TPSA) is 50.2 Å². The molecule has 0 aliphatic carbocycles. The second kappa shape index (κ2) is 7.50. The number of rotatable bonds is 3. The molecule has 0 unspecified atom stereocenters. The summed E-state index contributed by atoms with van der Waals surface area (Å²) in [5, 5.41) is 8.39. The molecule has 3 aromatic rings. The molecule has 4 rings (SSSR count). The Balaban J connectivity index is 1.77. The highest BCUT2D eigenvalue weighted by atomic mass is 35.5. The number of halogens is 2. The number of amides is 1. The molecular weight excluding hydrogens is 367 g/mol. The van der Waals surface area contributed by atoms with Gasteiger partial charge in [0.15, 0.2) is 5.69 Å². The molecule has 5 nitrogen and oxygen atoms in total. The van der Waals surface area contributed by atoms with Crippen LogP contribution in [0.15, 0.2) is 54.6 Å². The summed E-state index contributed by atoms with van der Waals surface area (Å²) < 4.78 is 15.0. The van der Waals surface area contributed by atoms with Crippen molar-refractivity contribution in [2.45, 2.75) is 0 Å². The molecular formula is C20H18ClFN4O. The van der Waals surface area contributed by atoms with Crippen LogP contribution in [0.2, 0.25) is 5.02 Å². The lowest BCUT2D eigenvalue weighted by Crippen LogP contribution is -2.46. The minimum Gasteiger partial charge on any atom is -0.335 e. The first-order valence-electron chi connectivity index (χ1n) is 8.74. The molecule has 1 aliphatic heterocycles. The van der Waals surface area contributed by atoms with E-state index in [0.717, 1.165) is 24.3 Å². The number of aromatic nitrogens is 2. The molecule has 0 saturated carbocycles. The van der Waals surface area contributed by atoms with Crippen LogP contribution in [0.4, 0.5) is 4.39 Å². The molecule has 2 heterocycles. The molecule has 1 fully saturated rings. The number of carbonyl (C=O) groups is 1. The molecule has 0 bridgehead atoms. The second-order valence-corrected chi connectivity index (χ2v) is 6.79. The van der Waals surface area contributed by atoms with E-state index in [0.29, 0.717) is 29.5 Å². The van der Waals surface area contributed by atoms with Crippen molar-refractivity contribution >= 4 is 17.5 Å². The van der Waals surface area contributed by atoms with Gasteiger partial charge in [0.25, 0.3) is 5.91 Å². The van der Waals surface area contributed by atoms with Crippen molar-refractivity contribution in [2.24, 2.45) is 0 Å². The van der Waals surface area contributed by atoms with Crippen LogP contribution in [0.25, 0.3) is 16.9 Å². The summed E-state index contributed by atoms with van der Waals surface area (Å²) in [6, 6.07) is 15.1. The highest BCUT2D eigenvalue weighted by Gasteiger charge is 2.23. The summed E-state index contributed by atoms with van der Waals surface area (Å²) in [5.74, 6) is -0.427. The highest BCUT2D eigenvalue weighted by molar-refractivity contribution is 6.30. The third kappa shape index (κ3) is 3.72. The van der Waals surface area contributed by atoms with E-state index in [1.165, 1.54) is 12.1 Å². The van der Waals surface area contributed by atoms with Gasteiger partial charge in [-0.25, -0.2) is 9.07 Å². The third-order valence-electron chi connectivity index (χ3n) is 4.54. The Morgan fingerprint density at radius 2 is 1.70 bits per heavy atom. The lowest BCUT2D eigenvalue weighted by molar-refractivity contribution is 0.0729. The molecule has 1 N–H and O–H groups in total. The first-order chi connectivity index (χ1) is 13.1. The SMILES string of the molecule is O=C(c1cc(-c2ccc(Cl)cc2)n(-c2ccc(F)cc2)n1)N1CCNCC1. The minimum absolute atomic E-state index is 0.104. The van der Waals surface area contributed by atoms with Crippen LogP contribution in [-0.2, 0) is 0 Å². The van der Waals surface area contributed by atoms with Crippen molar-refractivity contribution in [3.8, 4) is 16.9 Å². The maximum atomic E-state index is 13.3. The molecule has 1 aliphatic rings. The molecule has 0 atom stereocenters. The zero-order chi connectivity index (χ0) is 18.8. The lowest BCUT2D eigenvalue weighted by atomic mass is 10.1. The molecule has 1 aromatic heterocycles. The Kier molecular flexibility index (Phi) is 4.92. The van der Waals surface area contributed by atoms with E-state index in [-0.39, 0.29) is 11.7 Å². The first-order valence-corrected chi connectivity index (χ1v) is 9.11. The molecule has 2 aromatic carbocycles. The van der Waals surface area contributed by atoms with E-state index in [1.54, 1.807) is 39.9 Å². The molecule has 0 radical (unpaired) electrons. The van der Waals surface area contributed by atoms with Crippen LogP contribution in [0, 0.1) is 5.82 Å². The fourth-order valence-corrected chi connectivity index (χ4v) is 3.25. The van der Waals surface area contributed by atoms with E-state index in [1.807, 2.05) is 12.1 Å². The number of benzene rings is 2. The highest BCUT2D eigenvalue weighted by Crippen LogP contribution is 2.26. The smallest absolute Gasteiger partial charge is 0.274 e. The first kappa shape index (κ1) is 17.7. The van der Waals surface area contributed by atoms with Gasteiger partial charge in [-0.05, 0) is 42.5 Å². The van der Waals surface area contributed by atoms with Gasteiger partial charge in [0, 0.05) is 36.8 Å². The van der Waals surface area contributed by atoms with Gasteiger partial charge in [-0.2, -0.15) is 5.10 Å². The Morgan fingerprint density at radius 3 is 2.37 bits per heavy atom. The van der Waals surface area contributed by atoms with Gasteiger partial charge in [0.05, 0.1) is 11.4 Å². The second-order valence-electron chi connectivity index (χ2n) is 6.35. The number of nitrogens with one attached hydrogen (secondary N) is 1. The van der Waals surface area contributed by atoms with Crippen molar-refractivity contribution in [1.82, 2.24) is 20.0 Å². The molecule has 27 heavy (non-hydrogen) atoms. The number of hydrogen-bond donors (Lipinski definition) is 1. The predicted molar refractivity (Wildman–Crippen MR) is 103 cm³/mol. The van der Waals surface area contributed by atoms with Gasteiger partial charge in [0.1, 0.15) is 5.82 Å². The van der Waals surface area contributed by atoms with E-state index in [4.69, 9.17) is 11.6 Å². The monoisotopic (exact) mass is 384 g/mol. The number of hydrogen-bond acceptors (Lipinski definition) is 3. The Labute approximate surface area is 161 Å². The van der Waals surface area contributed by atoms with E-state index >= 15 is 0 Å². The normalized spacial score (nSPS) is 14.4. The third-order valence-corrected chi connectivity index (χ3v) is 4.80. The van der Waals surface area contributed by atoms with Gasteiger partial charge in [-0.15, -0.1) is 0 Å². The van der Waals surface area contributed by atoms with Gasteiger partial charge in [0.2, 0.25) is 0 Å². The van der Waals surface area contributed by atoms with Gasteiger partial charge in [-0.3, -0.25) is 4.79 Å². The summed E-state index contributed by atoms with van der Waals surface area (Å²) >= 11 is 6.00. The summed E-state index contributed by atoms with van der Waals surface area (Å²) in [5.41, 5.74) is 2.67. The summed E-state index contributed by atoms with van der Waals surface area (Å²) in [7, 11) is 0. The quantitative estimate of drug-likeness (QED) is 0.753. The molecule has 7 heteroatoms. The van der Waals surface area contributed by atoms with Gasteiger partial charge in [-0.1, -0.05) is 23.7 Å². The number of nitrogens with zero attached hydrogens (tertiary/aromatic N) is 3. The van der Waals surface area contributed by atoms with Crippen molar-refractivity contribution in [2.75, 3.05) is 26.2 Å². The van der Waals surface area contributed by atoms with Crippen molar-refractivity contribution in [3.63, 3.8) is 0 Å². The Morgan fingerprint density at radius 1 is 1.04 bits per heavy atom. The maximum Gasteiger partial charge on any atom is 0.274 e. The Hall–Kier alpha value is -2.70. The predicted octanol–water partition coefficient (Wildman–Crippen LogP) is 3.38. The number of piperazine rings is 1. The largest absolute Gasteiger partial charge is 0.335 e. The summed E-state index contributed by atoms with van der Waals surface area (Å²) in [4.78, 5) is 14.7. The van der Waals surface area contributed by atoms with Crippen LogP contribution in [-0.4, -0.2) is 46.8 Å². The van der Waals surface area contributed by atoms with E-state index in [2.05, 4.69) is 10.4 Å². The van der Waals surface area contributed by atoms with Crippen molar-refractivity contribution in [3.05, 3.63) is 71.1 Å². The fourth-order valence-electron chi connectivity index (χ4n) is 3.12. The summed E-state index contributed by atoms with van der Waals surface area (Å²) in [6.45, 7) is 2.85. The van der Waals surface area contributed by atoms with E-state index < -0.39 is 0 Å². The average Bonchev–Trinajstić information content (AvgIpc) is 3.14. The molecule has 1 amide bonds. The fraction of sp³-hybridized carbons (Fsp3) is 0.200. The average molecular weight is 385 g/mol. The molecule has 0 spiro atoms. The number of carbonyl (C=O) groups excluding carboxylic acids is 1. The molecule has 1 saturated heterocycles. The van der Waals surface area contributed by atoms with Crippen LogP contribution in [0.5, 0.6) is 0 Å². The summed E-state index contributed by atoms with van der Waals surface area (Å²) in [6.07, 6.45) is 0. The van der Waals surface area contributed by atoms with Crippen LogP contribution >= 0.6 is 11.6 Å².